The molecule has 30 heavy (non-hydrogen) atoms. The number of hydrogen-bond acceptors (Lipinski definition) is 5. The second-order valence-electron chi connectivity index (χ2n) is 7.98. The predicted molar refractivity (Wildman–Crippen MR) is 108 cm³/mol. The minimum atomic E-state index is -3.59. The zero-order chi connectivity index (χ0) is 21.3. The van der Waals surface area contributed by atoms with Crippen LogP contribution in [0.3, 0.4) is 0 Å². The lowest BCUT2D eigenvalue weighted by atomic mass is 9.92. The number of carbonyl (C=O) groups excluding carboxylic acids is 3. The molecule has 1 atom stereocenters. The highest BCUT2D eigenvalue weighted by Crippen LogP contribution is 2.26. The van der Waals surface area contributed by atoms with Crippen LogP contribution in [0.4, 0.5) is 4.79 Å². The van der Waals surface area contributed by atoms with Gasteiger partial charge in [0.15, 0.2) is 0 Å². The standard InChI is InChI=1S/C20H26N4O5S/c25-18(8-7-17-19(26)22-20(27)21-17)23-9-11-24(12-10-23)30(28,29)16-6-5-14-3-1-2-4-15(14)13-16/h5-6,13,17H,1-4,7-12H2,(H2,21,22,26,27)/t17-/m0/s1. The molecule has 1 aliphatic carbocycles. The smallest absolute Gasteiger partial charge is 0.322 e. The minimum Gasteiger partial charge on any atom is -0.340 e. The number of fused-ring (bicyclic) bond motifs is 1. The highest BCUT2D eigenvalue weighted by atomic mass is 32.2. The number of imide groups is 1. The van der Waals surface area contributed by atoms with Gasteiger partial charge in [0.05, 0.1) is 4.90 Å². The number of benzene rings is 1. The molecule has 0 spiro atoms. The van der Waals surface area contributed by atoms with E-state index in [1.807, 2.05) is 12.1 Å². The maximum Gasteiger partial charge on any atom is 0.322 e. The summed E-state index contributed by atoms with van der Waals surface area (Å²) in [6.45, 7) is 1.11. The molecule has 4 rings (SSSR count). The number of amides is 4. The zero-order valence-electron chi connectivity index (χ0n) is 16.7. The zero-order valence-corrected chi connectivity index (χ0v) is 17.5. The van der Waals surface area contributed by atoms with E-state index < -0.39 is 28.0 Å². The van der Waals surface area contributed by atoms with E-state index in [-0.39, 0.29) is 31.8 Å². The molecule has 2 saturated heterocycles. The first kappa shape index (κ1) is 20.8. The molecule has 0 aromatic heterocycles. The third-order valence-electron chi connectivity index (χ3n) is 6.05. The molecular formula is C20H26N4O5S. The molecule has 2 N–H and O–H groups in total. The molecular weight excluding hydrogens is 408 g/mol. The van der Waals surface area contributed by atoms with Crippen LogP contribution in [0.25, 0.3) is 0 Å². The van der Waals surface area contributed by atoms with Gasteiger partial charge < -0.3 is 10.2 Å². The molecule has 9 nitrogen and oxygen atoms in total. The molecule has 2 heterocycles. The summed E-state index contributed by atoms with van der Waals surface area (Å²) in [6, 6.07) is 4.20. The molecule has 1 aromatic rings. The number of aryl methyl sites for hydroxylation is 2. The minimum absolute atomic E-state index is 0.121. The van der Waals surface area contributed by atoms with Gasteiger partial charge in [0.1, 0.15) is 6.04 Å². The van der Waals surface area contributed by atoms with Crippen LogP contribution in [-0.2, 0) is 32.5 Å². The Bertz CT molecular complexity index is 969. The van der Waals surface area contributed by atoms with Gasteiger partial charge in [-0.25, -0.2) is 13.2 Å². The Morgan fingerprint density at radius 2 is 1.73 bits per heavy atom. The summed E-state index contributed by atoms with van der Waals surface area (Å²) >= 11 is 0. The molecule has 0 saturated carbocycles. The fourth-order valence-electron chi connectivity index (χ4n) is 4.29. The Labute approximate surface area is 175 Å². The van der Waals surface area contributed by atoms with Gasteiger partial charge in [0.25, 0.3) is 5.91 Å². The summed E-state index contributed by atoms with van der Waals surface area (Å²) in [5, 5.41) is 4.61. The van der Waals surface area contributed by atoms with Crippen molar-refractivity contribution in [2.45, 2.75) is 49.5 Å². The van der Waals surface area contributed by atoms with Crippen LogP contribution >= 0.6 is 0 Å². The van der Waals surface area contributed by atoms with E-state index in [0.717, 1.165) is 31.2 Å². The van der Waals surface area contributed by atoms with E-state index in [9.17, 15) is 22.8 Å². The monoisotopic (exact) mass is 434 g/mol. The molecule has 2 aliphatic heterocycles. The Morgan fingerprint density at radius 1 is 1.03 bits per heavy atom. The molecule has 2 fully saturated rings. The third kappa shape index (κ3) is 4.20. The van der Waals surface area contributed by atoms with Crippen molar-refractivity contribution in [3.8, 4) is 0 Å². The molecule has 0 unspecified atom stereocenters. The van der Waals surface area contributed by atoms with Crippen LogP contribution in [0.1, 0.15) is 36.8 Å². The largest absolute Gasteiger partial charge is 0.340 e. The van der Waals surface area contributed by atoms with Gasteiger partial charge in [0.2, 0.25) is 15.9 Å². The van der Waals surface area contributed by atoms with E-state index >= 15 is 0 Å². The third-order valence-corrected chi connectivity index (χ3v) is 7.95. The lowest BCUT2D eigenvalue weighted by molar-refractivity contribution is -0.132. The molecule has 4 amide bonds. The van der Waals surface area contributed by atoms with Crippen LogP contribution in [0.5, 0.6) is 0 Å². The van der Waals surface area contributed by atoms with Gasteiger partial charge in [-0.15, -0.1) is 0 Å². The van der Waals surface area contributed by atoms with E-state index in [1.165, 1.54) is 9.87 Å². The summed E-state index contributed by atoms with van der Waals surface area (Å²) in [6.07, 6.45) is 4.50. The fraction of sp³-hybridized carbons (Fsp3) is 0.550. The Hall–Kier alpha value is -2.46. The van der Waals surface area contributed by atoms with Crippen molar-refractivity contribution >= 4 is 27.9 Å². The summed E-state index contributed by atoms with van der Waals surface area (Å²) in [7, 11) is -3.59. The van der Waals surface area contributed by atoms with Crippen molar-refractivity contribution in [3.05, 3.63) is 29.3 Å². The van der Waals surface area contributed by atoms with E-state index in [1.54, 1.807) is 11.0 Å². The highest BCUT2D eigenvalue weighted by Gasteiger charge is 2.33. The van der Waals surface area contributed by atoms with Crippen LogP contribution in [0.15, 0.2) is 23.1 Å². The number of nitrogens with one attached hydrogen (secondary N) is 2. The predicted octanol–water partition coefficient (Wildman–Crippen LogP) is 0.387. The summed E-state index contributed by atoms with van der Waals surface area (Å²) in [4.78, 5) is 37.1. The first-order valence-corrected chi connectivity index (χ1v) is 11.8. The molecule has 1 aromatic carbocycles. The number of hydrogen-bond donors (Lipinski definition) is 2. The maximum absolute atomic E-state index is 13.1. The maximum atomic E-state index is 13.1. The summed E-state index contributed by atoms with van der Waals surface area (Å²) < 4.78 is 27.5. The second-order valence-corrected chi connectivity index (χ2v) is 9.91. The number of nitrogens with zero attached hydrogens (tertiary/aromatic N) is 2. The topological polar surface area (TPSA) is 116 Å². The number of piperazine rings is 1. The number of rotatable bonds is 5. The average Bonchev–Trinajstić information content (AvgIpc) is 3.08. The van der Waals surface area contributed by atoms with Crippen LogP contribution in [0.2, 0.25) is 0 Å². The SMILES string of the molecule is O=C1NC(=O)[C@H](CCC(=O)N2CCN(S(=O)(=O)c3ccc4c(c3)CCCC4)CC2)N1. The second kappa shape index (κ2) is 8.35. The number of carbonyl (C=O) groups is 3. The van der Waals surface area contributed by atoms with Gasteiger partial charge in [0, 0.05) is 32.6 Å². The van der Waals surface area contributed by atoms with Gasteiger partial charge in [-0.2, -0.15) is 4.31 Å². The van der Waals surface area contributed by atoms with Crippen molar-refractivity contribution < 1.29 is 22.8 Å². The average molecular weight is 435 g/mol. The first-order valence-electron chi connectivity index (χ1n) is 10.4. The quantitative estimate of drug-likeness (QED) is 0.651. The van der Waals surface area contributed by atoms with Crippen molar-refractivity contribution in [1.82, 2.24) is 19.8 Å². The van der Waals surface area contributed by atoms with Crippen molar-refractivity contribution in [1.29, 1.82) is 0 Å². The Kier molecular flexibility index (Phi) is 5.79. The van der Waals surface area contributed by atoms with Gasteiger partial charge in [-0.1, -0.05) is 6.07 Å². The Morgan fingerprint density at radius 3 is 2.40 bits per heavy atom. The van der Waals surface area contributed by atoms with Crippen molar-refractivity contribution in [3.63, 3.8) is 0 Å². The van der Waals surface area contributed by atoms with E-state index in [2.05, 4.69) is 10.6 Å². The number of urea groups is 1. The lowest BCUT2D eigenvalue weighted by Crippen LogP contribution is -2.50. The normalized spacial score (nSPS) is 22.4. The molecule has 10 heteroatoms. The van der Waals surface area contributed by atoms with Gasteiger partial charge >= 0.3 is 6.03 Å². The van der Waals surface area contributed by atoms with Crippen LogP contribution in [-0.4, -0.2) is 67.7 Å². The highest BCUT2D eigenvalue weighted by molar-refractivity contribution is 7.89. The van der Waals surface area contributed by atoms with E-state index in [0.29, 0.717) is 18.0 Å². The molecule has 0 radical (unpaired) electrons. The van der Waals surface area contributed by atoms with Gasteiger partial charge in [-0.05, 0) is 55.4 Å². The van der Waals surface area contributed by atoms with Gasteiger partial charge in [-0.3, -0.25) is 14.9 Å². The van der Waals surface area contributed by atoms with Crippen molar-refractivity contribution in [2.24, 2.45) is 0 Å². The van der Waals surface area contributed by atoms with E-state index in [4.69, 9.17) is 0 Å². The first-order chi connectivity index (χ1) is 14.3. The molecule has 162 valence electrons. The Balaban J connectivity index is 1.33. The fourth-order valence-corrected chi connectivity index (χ4v) is 5.76. The summed E-state index contributed by atoms with van der Waals surface area (Å²) in [5.41, 5.74) is 2.36. The molecule has 0 bridgehead atoms. The van der Waals surface area contributed by atoms with Crippen LogP contribution in [0, 0.1) is 0 Å². The summed E-state index contributed by atoms with van der Waals surface area (Å²) in [5.74, 6) is -0.566. The van der Waals surface area contributed by atoms with Crippen LogP contribution < -0.4 is 10.6 Å². The lowest BCUT2D eigenvalue weighted by Gasteiger charge is -2.34. The number of sulfonamides is 1. The molecule has 3 aliphatic rings. The van der Waals surface area contributed by atoms with Crippen molar-refractivity contribution in [2.75, 3.05) is 26.2 Å².